The van der Waals surface area contributed by atoms with Crippen LogP contribution >= 0.6 is 0 Å². The topological polar surface area (TPSA) is 0 Å². The molecular weight excluding hydrogens is 156 g/mol. The van der Waals surface area contributed by atoms with Crippen molar-refractivity contribution in [2.24, 2.45) is 23.7 Å². The first-order valence-corrected chi connectivity index (χ1v) is 4.90. The van der Waals surface area contributed by atoms with Gasteiger partial charge in [0.15, 0.2) is 0 Å². The van der Waals surface area contributed by atoms with Crippen LogP contribution in [0.25, 0.3) is 0 Å². The van der Waals surface area contributed by atoms with Crippen LogP contribution < -0.4 is 12.4 Å². The molecule has 4 aliphatic rings. The van der Waals surface area contributed by atoms with Crippen molar-refractivity contribution >= 4 is 0 Å². The average molecular weight is 172 g/mol. The van der Waals surface area contributed by atoms with E-state index in [1.165, 1.54) is 23.7 Å². The average Bonchev–Trinajstić information content (AvgIpc) is 1.82. The summed E-state index contributed by atoms with van der Waals surface area (Å²) >= 11 is 0. The first-order valence-electron chi connectivity index (χ1n) is 4.90. The van der Waals surface area contributed by atoms with E-state index in [0.717, 1.165) is 0 Å². The van der Waals surface area contributed by atoms with Gasteiger partial charge in [0.05, 0.1) is 0 Å². The van der Waals surface area contributed by atoms with Gasteiger partial charge in [0.1, 0.15) is 0 Å². The van der Waals surface area contributed by atoms with Gasteiger partial charge in [-0.25, -0.2) is 0 Å². The zero-order valence-corrected chi connectivity index (χ0v) is 7.69. The van der Waals surface area contributed by atoms with Crippen LogP contribution in [0.4, 0.5) is 0 Å². The van der Waals surface area contributed by atoms with E-state index < -0.39 is 0 Å². The van der Waals surface area contributed by atoms with Crippen LogP contribution in [0.2, 0.25) is 0 Å². The SMILES string of the molecule is C1C2CC3CC1CC(C2)C3.[Cl-]. The molecule has 0 aromatic carbocycles. The lowest BCUT2D eigenvalue weighted by atomic mass is 9.56. The second kappa shape index (κ2) is 2.65. The minimum Gasteiger partial charge on any atom is -1.00 e. The fraction of sp³-hybridized carbons (Fsp3) is 1.00. The van der Waals surface area contributed by atoms with E-state index in [9.17, 15) is 0 Å². The number of rotatable bonds is 0. The molecule has 0 atom stereocenters. The predicted molar refractivity (Wildman–Crippen MR) is 41.7 cm³/mol. The molecule has 4 aliphatic carbocycles. The van der Waals surface area contributed by atoms with Crippen LogP contribution in [-0.2, 0) is 0 Å². The van der Waals surface area contributed by atoms with Gasteiger partial charge in [-0.2, -0.15) is 0 Å². The summed E-state index contributed by atoms with van der Waals surface area (Å²) in [5.74, 6) is 4.71. The van der Waals surface area contributed by atoms with E-state index in [-0.39, 0.29) is 12.4 Å². The minimum absolute atomic E-state index is 0. The van der Waals surface area contributed by atoms with E-state index in [1.54, 1.807) is 38.5 Å². The summed E-state index contributed by atoms with van der Waals surface area (Å²) < 4.78 is 0. The van der Waals surface area contributed by atoms with E-state index in [4.69, 9.17) is 0 Å². The maximum atomic E-state index is 1.60. The highest BCUT2D eigenvalue weighted by atomic mass is 35.5. The Morgan fingerprint density at radius 3 is 0.818 bits per heavy atom. The molecule has 1 heteroatoms. The van der Waals surface area contributed by atoms with Crippen molar-refractivity contribution in [3.63, 3.8) is 0 Å². The van der Waals surface area contributed by atoms with Crippen LogP contribution in [0, 0.1) is 23.7 Å². The third-order valence-electron chi connectivity index (χ3n) is 4.00. The molecule has 11 heavy (non-hydrogen) atoms. The van der Waals surface area contributed by atoms with Gasteiger partial charge in [0, 0.05) is 0 Å². The first-order chi connectivity index (χ1) is 4.90. The van der Waals surface area contributed by atoms with Crippen LogP contribution in [-0.4, -0.2) is 0 Å². The Labute approximate surface area is 75.2 Å². The Morgan fingerprint density at radius 2 is 0.636 bits per heavy atom. The van der Waals surface area contributed by atoms with Crippen LogP contribution in [0.3, 0.4) is 0 Å². The Balaban J connectivity index is 0.000000480. The van der Waals surface area contributed by atoms with Crippen LogP contribution in [0.1, 0.15) is 38.5 Å². The Hall–Kier alpha value is 0.290. The lowest BCUT2D eigenvalue weighted by Crippen LogP contribution is -3.00. The highest BCUT2D eigenvalue weighted by Gasteiger charge is 2.41. The molecule has 0 aliphatic heterocycles. The van der Waals surface area contributed by atoms with Gasteiger partial charge in [-0.05, 0) is 62.2 Å². The molecule has 0 unspecified atom stereocenters. The summed E-state index contributed by atoms with van der Waals surface area (Å²) in [5.41, 5.74) is 0. The molecule has 0 amide bonds. The molecule has 64 valence electrons. The molecule has 4 fully saturated rings. The molecule has 0 N–H and O–H groups in total. The molecule has 0 aromatic heterocycles. The van der Waals surface area contributed by atoms with Gasteiger partial charge < -0.3 is 12.4 Å². The third kappa shape index (κ3) is 1.20. The molecule has 4 saturated carbocycles. The second-order valence-electron chi connectivity index (χ2n) is 4.88. The molecule has 0 aromatic rings. The molecule has 4 rings (SSSR count). The van der Waals surface area contributed by atoms with Crippen molar-refractivity contribution in [1.82, 2.24) is 0 Å². The summed E-state index contributed by atoms with van der Waals surface area (Å²) in [6.45, 7) is 0. The molecule has 0 saturated heterocycles. The number of halogens is 1. The summed E-state index contributed by atoms with van der Waals surface area (Å²) in [6, 6.07) is 0. The van der Waals surface area contributed by atoms with E-state index in [2.05, 4.69) is 0 Å². The monoisotopic (exact) mass is 171 g/mol. The van der Waals surface area contributed by atoms with Gasteiger partial charge in [-0.3, -0.25) is 0 Å². The summed E-state index contributed by atoms with van der Waals surface area (Å²) in [6.07, 6.45) is 9.62. The van der Waals surface area contributed by atoms with Crippen molar-refractivity contribution < 1.29 is 12.4 Å². The lowest BCUT2D eigenvalue weighted by molar-refractivity contribution is -0.00000640. The zero-order valence-electron chi connectivity index (χ0n) is 6.93. The van der Waals surface area contributed by atoms with Crippen molar-refractivity contribution in [2.75, 3.05) is 0 Å². The molecule has 4 bridgehead atoms. The summed E-state index contributed by atoms with van der Waals surface area (Å²) in [7, 11) is 0. The van der Waals surface area contributed by atoms with Gasteiger partial charge in [-0.15, -0.1) is 0 Å². The van der Waals surface area contributed by atoms with Crippen molar-refractivity contribution in [3.8, 4) is 0 Å². The molecule has 0 nitrogen and oxygen atoms in total. The molecule has 0 spiro atoms. The fourth-order valence-corrected chi connectivity index (χ4v) is 3.98. The Bertz CT molecular complexity index is 96.4. The van der Waals surface area contributed by atoms with Crippen LogP contribution in [0.15, 0.2) is 0 Å². The fourth-order valence-electron chi connectivity index (χ4n) is 3.98. The van der Waals surface area contributed by atoms with Crippen LogP contribution in [0.5, 0.6) is 0 Å². The smallest absolute Gasteiger partial charge is 0.0406 e. The highest BCUT2D eigenvalue weighted by Crippen LogP contribution is 2.53. The summed E-state index contributed by atoms with van der Waals surface area (Å²) in [4.78, 5) is 0. The molecular formula is C10H16Cl-. The van der Waals surface area contributed by atoms with Crippen molar-refractivity contribution in [2.45, 2.75) is 38.5 Å². The second-order valence-corrected chi connectivity index (χ2v) is 4.88. The Kier molecular flexibility index (Phi) is 1.91. The van der Waals surface area contributed by atoms with E-state index >= 15 is 0 Å². The van der Waals surface area contributed by atoms with E-state index in [0.29, 0.717) is 0 Å². The molecule has 0 radical (unpaired) electrons. The normalized spacial score (nSPS) is 52.4. The van der Waals surface area contributed by atoms with Gasteiger partial charge in [0.2, 0.25) is 0 Å². The van der Waals surface area contributed by atoms with Gasteiger partial charge >= 0.3 is 0 Å². The predicted octanol–water partition coefficient (Wildman–Crippen LogP) is -0.163. The molecule has 0 heterocycles. The third-order valence-corrected chi connectivity index (χ3v) is 4.00. The number of hydrogen-bond donors (Lipinski definition) is 0. The zero-order chi connectivity index (χ0) is 6.55. The number of hydrogen-bond acceptors (Lipinski definition) is 0. The maximum Gasteiger partial charge on any atom is -0.0406 e. The van der Waals surface area contributed by atoms with Gasteiger partial charge in [0.25, 0.3) is 0 Å². The van der Waals surface area contributed by atoms with E-state index in [1.807, 2.05) is 0 Å². The lowest BCUT2D eigenvalue weighted by Gasteiger charge is -2.49. The maximum absolute atomic E-state index is 1.60. The quantitative estimate of drug-likeness (QED) is 0.475. The standard InChI is InChI=1S/C10H16.ClH/c1-7-2-9-4-8(1)5-10(3-7)6-9;/h7-10H,1-6H2;1H/p-1. The highest BCUT2D eigenvalue weighted by molar-refractivity contribution is 4.92. The van der Waals surface area contributed by atoms with Crippen molar-refractivity contribution in [1.29, 1.82) is 0 Å². The largest absolute Gasteiger partial charge is 1.00 e. The van der Waals surface area contributed by atoms with Gasteiger partial charge in [-0.1, -0.05) is 0 Å². The Morgan fingerprint density at radius 1 is 0.455 bits per heavy atom. The van der Waals surface area contributed by atoms with Crippen molar-refractivity contribution in [3.05, 3.63) is 0 Å². The minimum atomic E-state index is 0. The first kappa shape index (κ1) is 7.91. The summed E-state index contributed by atoms with van der Waals surface area (Å²) in [5, 5.41) is 0.